The fourth-order valence-electron chi connectivity index (χ4n) is 3.58. The average molecular weight is 367 g/mol. The van der Waals surface area contributed by atoms with Crippen LogP contribution in [-0.4, -0.2) is 31.8 Å². The van der Waals surface area contributed by atoms with Crippen LogP contribution < -0.4 is 0 Å². The molecular formula is C21H21NO5. The summed E-state index contributed by atoms with van der Waals surface area (Å²) in [6.45, 7) is 4.37. The molecule has 0 bridgehead atoms. The second-order valence-corrected chi connectivity index (χ2v) is 6.88. The molecular weight excluding hydrogens is 346 g/mol. The van der Waals surface area contributed by atoms with E-state index in [0.717, 1.165) is 16.6 Å². The molecule has 0 aliphatic carbocycles. The van der Waals surface area contributed by atoms with Crippen molar-refractivity contribution in [1.29, 1.82) is 0 Å². The molecule has 0 saturated carbocycles. The Labute approximate surface area is 156 Å². The molecule has 2 aromatic carbocycles. The number of nitrogens with zero attached hydrogens (tertiary/aromatic N) is 1. The molecule has 3 N–H and O–H groups in total. The maximum atomic E-state index is 11.4. The van der Waals surface area contributed by atoms with E-state index in [1.54, 1.807) is 30.3 Å². The first-order valence-corrected chi connectivity index (χ1v) is 8.66. The average Bonchev–Trinajstić information content (AvgIpc) is 2.87. The lowest BCUT2D eigenvalue weighted by Gasteiger charge is -2.15. The van der Waals surface area contributed by atoms with Crippen LogP contribution in [0.3, 0.4) is 0 Å². The number of phenolic OH excluding ortho intramolecular Hbond substituents is 1. The van der Waals surface area contributed by atoms with Gasteiger partial charge in [-0.3, -0.25) is 4.79 Å². The van der Waals surface area contributed by atoms with Gasteiger partial charge < -0.3 is 19.9 Å². The standard InChI is InChI=1S/C21H21NO5/c1-12(2)20-17(10-19(24)25)16-7-6-14(21(26)27)9-18(16)22(20)11-13-4-3-5-15(23)8-13/h3-9,12,23H,10-11H2,1-2H3,(H,24,25)(H,26,27). The van der Waals surface area contributed by atoms with Gasteiger partial charge in [-0.2, -0.15) is 0 Å². The van der Waals surface area contributed by atoms with Gasteiger partial charge in [0.2, 0.25) is 0 Å². The summed E-state index contributed by atoms with van der Waals surface area (Å²) in [6.07, 6.45) is -0.135. The van der Waals surface area contributed by atoms with E-state index in [9.17, 15) is 24.9 Å². The number of carboxylic acid groups (broad SMARTS) is 2. The third-order valence-electron chi connectivity index (χ3n) is 4.59. The van der Waals surface area contributed by atoms with Crippen molar-refractivity contribution >= 4 is 22.8 Å². The minimum atomic E-state index is -1.03. The van der Waals surface area contributed by atoms with E-state index < -0.39 is 11.9 Å². The molecule has 0 aliphatic heterocycles. The molecule has 6 heteroatoms. The van der Waals surface area contributed by atoms with Crippen molar-refractivity contribution in [2.24, 2.45) is 0 Å². The summed E-state index contributed by atoms with van der Waals surface area (Å²) in [5.74, 6) is -1.78. The maximum absolute atomic E-state index is 11.4. The Morgan fingerprint density at radius 2 is 1.81 bits per heavy atom. The van der Waals surface area contributed by atoms with Gasteiger partial charge in [-0.15, -0.1) is 0 Å². The molecule has 0 aliphatic rings. The highest BCUT2D eigenvalue weighted by molar-refractivity contribution is 5.96. The first-order chi connectivity index (χ1) is 12.8. The van der Waals surface area contributed by atoms with Crippen molar-refractivity contribution in [3.63, 3.8) is 0 Å². The molecule has 0 fully saturated rings. The number of hydrogen-bond donors (Lipinski definition) is 3. The molecule has 0 spiro atoms. The van der Waals surface area contributed by atoms with Gasteiger partial charge in [0.25, 0.3) is 0 Å². The van der Waals surface area contributed by atoms with Crippen LogP contribution in [0.5, 0.6) is 5.75 Å². The number of hydrogen-bond acceptors (Lipinski definition) is 3. The first-order valence-electron chi connectivity index (χ1n) is 8.66. The highest BCUT2D eigenvalue weighted by Gasteiger charge is 2.22. The van der Waals surface area contributed by atoms with E-state index >= 15 is 0 Å². The van der Waals surface area contributed by atoms with E-state index in [0.29, 0.717) is 17.6 Å². The Hall–Kier alpha value is -3.28. The van der Waals surface area contributed by atoms with Gasteiger partial charge in [0, 0.05) is 23.1 Å². The highest BCUT2D eigenvalue weighted by Crippen LogP contribution is 2.33. The summed E-state index contributed by atoms with van der Waals surface area (Å²) in [5.41, 5.74) is 3.23. The SMILES string of the molecule is CC(C)c1c(CC(=O)O)c2ccc(C(=O)O)cc2n1Cc1cccc(O)c1. The molecule has 3 rings (SSSR count). The van der Waals surface area contributed by atoms with Crippen molar-refractivity contribution in [2.75, 3.05) is 0 Å². The van der Waals surface area contributed by atoms with E-state index in [-0.39, 0.29) is 23.7 Å². The summed E-state index contributed by atoms with van der Waals surface area (Å²) >= 11 is 0. The molecule has 6 nitrogen and oxygen atoms in total. The van der Waals surface area contributed by atoms with Crippen LogP contribution in [0.4, 0.5) is 0 Å². The van der Waals surface area contributed by atoms with Crippen molar-refractivity contribution < 1.29 is 24.9 Å². The van der Waals surface area contributed by atoms with Crippen molar-refractivity contribution in [3.05, 3.63) is 64.8 Å². The Balaban J connectivity index is 2.29. The minimum Gasteiger partial charge on any atom is -0.508 e. The third kappa shape index (κ3) is 3.65. The van der Waals surface area contributed by atoms with Gasteiger partial charge in [0.05, 0.1) is 12.0 Å². The number of fused-ring (bicyclic) bond motifs is 1. The quantitative estimate of drug-likeness (QED) is 0.615. The molecule has 1 aromatic heterocycles. The molecule has 1 heterocycles. The van der Waals surface area contributed by atoms with Crippen LogP contribution in [-0.2, 0) is 17.8 Å². The number of aromatic nitrogens is 1. The van der Waals surface area contributed by atoms with Crippen LogP contribution in [0.1, 0.15) is 46.9 Å². The van der Waals surface area contributed by atoms with Crippen LogP contribution in [0, 0.1) is 0 Å². The summed E-state index contributed by atoms with van der Waals surface area (Å²) in [7, 11) is 0. The van der Waals surface area contributed by atoms with Crippen molar-refractivity contribution in [3.8, 4) is 5.75 Å². The summed E-state index contributed by atoms with van der Waals surface area (Å²) in [4.78, 5) is 22.9. The van der Waals surface area contributed by atoms with Gasteiger partial charge in [-0.25, -0.2) is 4.79 Å². The fraction of sp³-hybridized carbons (Fsp3) is 0.238. The lowest BCUT2D eigenvalue weighted by atomic mass is 10.0. The third-order valence-corrected chi connectivity index (χ3v) is 4.59. The zero-order valence-corrected chi connectivity index (χ0v) is 15.1. The predicted octanol–water partition coefficient (Wildman–Crippen LogP) is 3.84. The second-order valence-electron chi connectivity index (χ2n) is 6.88. The molecule has 0 radical (unpaired) electrons. The number of rotatable bonds is 6. The summed E-state index contributed by atoms with van der Waals surface area (Å²) in [5, 5.41) is 29.2. The molecule has 0 saturated heterocycles. The summed E-state index contributed by atoms with van der Waals surface area (Å²) < 4.78 is 1.96. The predicted molar refractivity (Wildman–Crippen MR) is 102 cm³/mol. The lowest BCUT2D eigenvalue weighted by molar-refractivity contribution is -0.136. The van der Waals surface area contributed by atoms with Gasteiger partial charge in [-0.1, -0.05) is 32.0 Å². The number of phenols is 1. The monoisotopic (exact) mass is 367 g/mol. The number of carbonyl (C=O) groups is 2. The van der Waals surface area contributed by atoms with E-state index in [2.05, 4.69) is 0 Å². The van der Waals surface area contributed by atoms with Gasteiger partial charge in [-0.05, 0) is 41.3 Å². The number of aliphatic carboxylic acids is 1. The minimum absolute atomic E-state index is 0.0392. The molecule has 0 unspecified atom stereocenters. The van der Waals surface area contributed by atoms with Crippen LogP contribution >= 0.6 is 0 Å². The zero-order chi connectivity index (χ0) is 19.7. The summed E-state index contributed by atoms with van der Waals surface area (Å²) in [6, 6.07) is 11.6. The van der Waals surface area contributed by atoms with Crippen LogP contribution in [0.15, 0.2) is 42.5 Å². The Bertz CT molecular complexity index is 1030. The molecule has 140 valence electrons. The number of aromatic hydroxyl groups is 1. The van der Waals surface area contributed by atoms with Gasteiger partial charge >= 0.3 is 11.9 Å². The Morgan fingerprint density at radius 3 is 2.41 bits per heavy atom. The van der Waals surface area contributed by atoms with Crippen molar-refractivity contribution in [2.45, 2.75) is 32.7 Å². The molecule has 0 amide bonds. The smallest absolute Gasteiger partial charge is 0.335 e. The van der Waals surface area contributed by atoms with Gasteiger partial charge in [0.1, 0.15) is 5.75 Å². The Kier molecular flexibility index (Phi) is 4.90. The maximum Gasteiger partial charge on any atom is 0.335 e. The molecule has 3 aromatic rings. The van der Waals surface area contributed by atoms with E-state index in [1.165, 1.54) is 6.07 Å². The second kappa shape index (κ2) is 7.15. The lowest BCUT2D eigenvalue weighted by Crippen LogP contribution is -2.09. The highest BCUT2D eigenvalue weighted by atomic mass is 16.4. The fourth-order valence-corrected chi connectivity index (χ4v) is 3.58. The van der Waals surface area contributed by atoms with Crippen LogP contribution in [0.2, 0.25) is 0 Å². The zero-order valence-electron chi connectivity index (χ0n) is 15.1. The first kappa shape index (κ1) is 18.5. The van der Waals surface area contributed by atoms with E-state index in [1.807, 2.05) is 24.5 Å². The van der Waals surface area contributed by atoms with E-state index in [4.69, 9.17) is 0 Å². The molecule has 0 atom stereocenters. The topological polar surface area (TPSA) is 99.8 Å². The van der Waals surface area contributed by atoms with Gasteiger partial charge in [0.15, 0.2) is 0 Å². The van der Waals surface area contributed by atoms with Crippen molar-refractivity contribution in [1.82, 2.24) is 4.57 Å². The Morgan fingerprint density at radius 1 is 1.07 bits per heavy atom. The largest absolute Gasteiger partial charge is 0.508 e. The molecule has 27 heavy (non-hydrogen) atoms. The normalized spacial score (nSPS) is 11.2. The number of carboxylic acids is 2. The van der Waals surface area contributed by atoms with Crippen LogP contribution in [0.25, 0.3) is 10.9 Å². The number of benzene rings is 2. The number of aromatic carboxylic acids is 1.